The monoisotopic (exact) mass is 562 g/mol. The van der Waals surface area contributed by atoms with Gasteiger partial charge in [-0.2, -0.15) is 4.31 Å². The highest BCUT2D eigenvalue weighted by Crippen LogP contribution is 2.41. The van der Waals surface area contributed by atoms with Crippen molar-refractivity contribution < 1.29 is 22.7 Å². The zero-order chi connectivity index (χ0) is 26.7. The molecule has 2 atom stereocenters. The van der Waals surface area contributed by atoms with Crippen LogP contribution < -0.4 is 9.64 Å². The molecule has 0 saturated carbocycles. The van der Waals surface area contributed by atoms with Gasteiger partial charge in [0.2, 0.25) is 16.4 Å². The number of methoxy groups -OCH3 is 1. The Morgan fingerprint density at radius 1 is 1.00 bits per heavy atom. The number of carbonyl (C=O) groups is 1. The molecule has 3 aliphatic rings. The van der Waals surface area contributed by atoms with E-state index in [1.54, 1.807) is 29.6 Å². The van der Waals surface area contributed by atoms with Crippen LogP contribution in [0.2, 0.25) is 5.02 Å². The van der Waals surface area contributed by atoms with E-state index in [0.29, 0.717) is 45.0 Å². The molecule has 0 aliphatic carbocycles. The standard InChI is InChI=1S/C27H35ClN4O5S/c1-36-20-37-27-9-8-25(16-26(27)32-23-6-7-24(32)18-30(17-23)19-33)38(34,35)31-14-12-29(13-15-31)11-10-21-2-4-22(28)5-3-21/h2-5,8-9,16,19,23-24H,6-7,10-15,17-18,20H2,1H3. The number of piperazine rings is 2. The second-order valence-corrected chi connectivity index (χ2v) is 12.5. The van der Waals surface area contributed by atoms with E-state index in [1.165, 1.54) is 5.56 Å². The Morgan fingerprint density at radius 2 is 1.68 bits per heavy atom. The van der Waals surface area contributed by atoms with E-state index in [1.807, 2.05) is 29.2 Å². The Bertz CT molecular complexity index is 1210. The van der Waals surface area contributed by atoms with Crippen LogP contribution in [-0.2, 0) is 26.0 Å². The zero-order valence-electron chi connectivity index (χ0n) is 21.7. The first kappa shape index (κ1) is 27.2. The number of rotatable bonds is 10. The topological polar surface area (TPSA) is 82.6 Å². The number of likely N-dealkylation sites (tertiary alicyclic amines) is 1. The summed E-state index contributed by atoms with van der Waals surface area (Å²) >= 11 is 5.98. The third kappa shape index (κ3) is 5.79. The number of sulfonamides is 1. The first-order valence-electron chi connectivity index (χ1n) is 13.1. The predicted octanol–water partition coefficient (Wildman–Crippen LogP) is 2.68. The fraction of sp³-hybridized carbons (Fsp3) is 0.519. The van der Waals surface area contributed by atoms with Crippen molar-refractivity contribution in [2.75, 3.05) is 64.6 Å². The van der Waals surface area contributed by atoms with Crippen LogP contribution in [0, 0.1) is 0 Å². The summed E-state index contributed by atoms with van der Waals surface area (Å²) in [4.78, 5) is 18.0. The molecule has 2 bridgehead atoms. The molecule has 9 nitrogen and oxygen atoms in total. The molecule has 3 heterocycles. The molecule has 3 fully saturated rings. The van der Waals surface area contributed by atoms with E-state index in [0.717, 1.165) is 42.9 Å². The lowest BCUT2D eigenvalue weighted by atomic mass is 10.1. The summed E-state index contributed by atoms with van der Waals surface area (Å²) in [5.41, 5.74) is 1.97. The zero-order valence-corrected chi connectivity index (χ0v) is 23.2. The molecule has 2 aromatic rings. The Balaban J connectivity index is 1.29. The average molecular weight is 563 g/mol. The number of carbonyl (C=O) groups excluding carboxylic acids is 1. The van der Waals surface area contributed by atoms with Gasteiger partial charge < -0.3 is 24.2 Å². The van der Waals surface area contributed by atoms with Crippen molar-refractivity contribution in [3.63, 3.8) is 0 Å². The van der Waals surface area contributed by atoms with Crippen LogP contribution >= 0.6 is 11.6 Å². The summed E-state index contributed by atoms with van der Waals surface area (Å²) in [7, 11) is -2.12. The van der Waals surface area contributed by atoms with Gasteiger partial charge in [0, 0.05) is 70.0 Å². The van der Waals surface area contributed by atoms with E-state index in [2.05, 4.69) is 9.80 Å². The minimum absolute atomic E-state index is 0.0702. The molecule has 206 valence electrons. The molecule has 3 aliphatic heterocycles. The van der Waals surface area contributed by atoms with Crippen molar-refractivity contribution in [3.05, 3.63) is 53.1 Å². The molecular formula is C27H35ClN4O5S. The molecular weight excluding hydrogens is 528 g/mol. The first-order chi connectivity index (χ1) is 18.4. The van der Waals surface area contributed by atoms with Crippen LogP contribution in [0.15, 0.2) is 47.4 Å². The molecule has 0 radical (unpaired) electrons. The molecule has 11 heteroatoms. The van der Waals surface area contributed by atoms with Gasteiger partial charge in [0.1, 0.15) is 5.75 Å². The van der Waals surface area contributed by atoms with E-state index in [4.69, 9.17) is 21.1 Å². The number of amides is 1. The molecule has 0 aromatic heterocycles. The third-order valence-corrected chi connectivity index (χ3v) is 9.95. The average Bonchev–Trinajstić information content (AvgIpc) is 3.20. The van der Waals surface area contributed by atoms with E-state index >= 15 is 0 Å². The molecule has 2 aromatic carbocycles. The van der Waals surface area contributed by atoms with Gasteiger partial charge in [0.15, 0.2) is 6.79 Å². The van der Waals surface area contributed by atoms with Gasteiger partial charge in [-0.05, 0) is 55.2 Å². The number of hydrogen-bond donors (Lipinski definition) is 0. The number of ether oxygens (including phenoxy) is 2. The first-order valence-corrected chi connectivity index (χ1v) is 14.9. The van der Waals surface area contributed by atoms with Gasteiger partial charge in [-0.3, -0.25) is 4.79 Å². The maximum Gasteiger partial charge on any atom is 0.243 e. The van der Waals surface area contributed by atoms with Gasteiger partial charge >= 0.3 is 0 Å². The van der Waals surface area contributed by atoms with Crippen molar-refractivity contribution in [1.29, 1.82) is 0 Å². The summed E-state index contributed by atoms with van der Waals surface area (Å²) in [6, 6.07) is 13.2. The molecule has 5 rings (SSSR count). The fourth-order valence-corrected chi connectivity index (χ4v) is 7.37. The minimum atomic E-state index is -3.67. The molecule has 1 amide bonds. The quantitative estimate of drug-likeness (QED) is 0.325. The van der Waals surface area contributed by atoms with Crippen LogP contribution in [0.5, 0.6) is 5.75 Å². The highest BCUT2D eigenvalue weighted by Gasteiger charge is 2.41. The fourth-order valence-electron chi connectivity index (χ4n) is 5.80. The van der Waals surface area contributed by atoms with Crippen LogP contribution in [-0.4, -0.2) is 101 Å². The highest BCUT2D eigenvalue weighted by molar-refractivity contribution is 7.89. The number of halogens is 1. The van der Waals surface area contributed by atoms with Crippen molar-refractivity contribution in [1.82, 2.24) is 14.1 Å². The van der Waals surface area contributed by atoms with Gasteiger partial charge in [-0.15, -0.1) is 0 Å². The molecule has 2 unspecified atom stereocenters. The second kappa shape index (κ2) is 11.8. The van der Waals surface area contributed by atoms with Crippen LogP contribution in [0.4, 0.5) is 5.69 Å². The summed E-state index contributed by atoms with van der Waals surface area (Å²) in [6.45, 7) is 4.46. The molecule has 0 N–H and O–H groups in total. The number of fused-ring (bicyclic) bond motifs is 2. The lowest BCUT2D eigenvalue weighted by molar-refractivity contribution is -0.119. The van der Waals surface area contributed by atoms with E-state index in [9.17, 15) is 13.2 Å². The minimum Gasteiger partial charge on any atom is -0.465 e. The van der Waals surface area contributed by atoms with Crippen molar-refractivity contribution in [2.45, 2.75) is 36.2 Å². The lowest BCUT2D eigenvalue weighted by Crippen LogP contribution is -2.53. The van der Waals surface area contributed by atoms with Crippen LogP contribution in [0.25, 0.3) is 0 Å². The van der Waals surface area contributed by atoms with Crippen molar-refractivity contribution >= 4 is 33.7 Å². The smallest absolute Gasteiger partial charge is 0.243 e. The van der Waals surface area contributed by atoms with E-state index < -0.39 is 10.0 Å². The van der Waals surface area contributed by atoms with Gasteiger partial charge in [-0.1, -0.05) is 23.7 Å². The maximum absolute atomic E-state index is 13.7. The number of nitrogens with zero attached hydrogens (tertiary/aromatic N) is 4. The second-order valence-electron chi connectivity index (χ2n) is 10.2. The Morgan fingerprint density at radius 3 is 2.32 bits per heavy atom. The van der Waals surface area contributed by atoms with Gasteiger partial charge in [-0.25, -0.2) is 8.42 Å². The molecule has 0 spiro atoms. The molecule has 38 heavy (non-hydrogen) atoms. The number of anilines is 1. The Hall–Kier alpha value is -2.37. The van der Waals surface area contributed by atoms with Crippen LogP contribution in [0.1, 0.15) is 18.4 Å². The predicted molar refractivity (Wildman–Crippen MR) is 146 cm³/mol. The summed E-state index contributed by atoms with van der Waals surface area (Å²) < 4.78 is 39.9. The van der Waals surface area contributed by atoms with Crippen molar-refractivity contribution in [2.24, 2.45) is 0 Å². The summed E-state index contributed by atoms with van der Waals surface area (Å²) in [5, 5.41) is 0.727. The largest absolute Gasteiger partial charge is 0.465 e. The van der Waals surface area contributed by atoms with Crippen molar-refractivity contribution in [3.8, 4) is 5.75 Å². The Kier molecular flexibility index (Phi) is 8.44. The van der Waals surface area contributed by atoms with Crippen LogP contribution in [0.3, 0.4) is 0 Å². The molecule has 3 saturated heterocycles. The number of hydrogen-bond acceptors (Lipinski definition) is 7. The van der Waals surface area contributed by atoms with Gasteiger partial charge in [0.25, 0.3) is 0 Å². The maximum atomic E-state index is 13.7. The Labute approximate surface area is 229 Å². The SMILES string of the molecule is COCOc1ccc(S(=O)(=O)N2CCN(CCc3ccc(Cl)cc3)CC2)cc1N1C2CCC1CN(C=O)C2. The lowest BCUT2D eigenvalue weighted by Gasteiger charge is -2.41. The third-order valence-electron chi connectivity index (χ3n) is 7.80. The normalized spacial score (nSPS) is 22.6. The van der Waals surface area contributed by atoms with Gasteiger partial charge in [0.05, 0.1) is 10.6 Å². The summed E-state index contributed by atoms with van der Waals surface area (Å²) in [5.74, 6) is 0.592. The van der Waals surface area contributed by atoms with E-state index in [-0.39, 0.29) is 23.8 Å². The summed E-state index contributed by atoms with van der Waals surface area (Å²) in [6.07, 6.45) is 3.71. The number of benzene rings is 2. The highest BCUT2D eigenvalue weighted by atomic mass is 35.5.